The van der Waals surface area contributed by atoms with Crippen LogP contribution in [0.25, 0.3) is 11.1 Å². The lowest BCUT2D eigenvalue weighted by atomic mass is 9.98. The van der Waals surface area contributed by atoms with Gasteiger partial charge in [-0.1, -0.05) is 31.2 Å². The zero-order valence-electron chi connectivity index (χ0n) is 13.4. The Hall–Kier alpha value is -1.80. The van der Waals surface area contributed by atoms with Crippen molar-refractivity contribution >= 4 is 0 Å². The average Bonchev–Trinajstić information content (AvgIpc) is 2.46. The monoisotopic (exact) mass is 283 g/mol. The minimum atomic E-state index is 0.196. The molecule has 0 fully saturated rings. The topological polar surface area (TPSA) is 21.3 Å². The molecule has 0 saturated carbocycles. The molecule has 0 saturated heterocycles. The normalized spacial score (nSPS) is 10.9. The van der Waals surface area contributed by atoms with Crippen LogP contribution in [0.1, 0.15) is 31.9 Å². The summed E-state index contributed by atoms with van der Waals surface area (Å²) in [5, 5.41) is 3.38. The molecule has 0 radical (unpaired) electrons. The first kappa shape index (κ1) is 15.6. The summed E-state index contributed by atoms with van der Waals surface area (Å²) >= 11 is 0. The summed E-state index contributed by atoms with van der Waals surface area (Å²) in [4.78, 5) is 0. The standard InChI is InChI=1S/C19H25NO/c1-5-20-13-16-10-9-15(4)19(11-16)17-7-6-8-18(12-17)21-14(2)3/h6-12,14,20H,5,13H2,1-4H3. The van der Waals surface area contributed by atoms with Crippen LogP contribution in [-0.2, 0) is 6.54 Å². The zero-order valence-corrected chi connectivity index (χ0v) is 13.4. The van der Waals surface area contributed by atoms with Gasteiger partial charge in [0.05, 0.1) is 6.10 Å². The van der Waals surface area contributed by atoms with Crippen molar-refractivity contribution in [2.75, 3.05) is 6.54 Å². The molecule has 112 valence electrons. The second kappa shape index (κ2) is 7.28. The molecule has 0 heterocycles. The van der Waals surface area contributed by atoms with Crippen LogP contribution >= 0.6 is 0 Å². The second-order valence-electron chi connectivity index (χ2n) is 5.62. The molecule has 0 aliphatic rings. The van der Waals surface area contributed by atoms with Crippen LogP contribution in [0, 0.1) is 6.92 Å². The van der Waals surface area contributed by atoms with Gasteiger partial charge >= 0.3 is 0 Å². The van der Waals surface area contributed by atoms with Gasteiger partial charge < -0.3 is 10.1 Å². The number of benzene rings is 2. The summed E-state index contributed by atoms with van der Waals surface area (Å²) in [5.41, 5.74) is 5.09. The van der Waals surface area contributed by atoms with Gasteiger partial charge in [-0.05, 0) is 67.8 Å². The Labute approximate surface area is 128 Å². The molecule has 2 rings (SSSR count). The van der Waals surface area contributed by atoms with E-state index in [1.54, 1.807) is 0 Å². The Bertz CT molecular complexity index is 590. The Kier molecular flexibility index (Phi) is 5.40. The molecule has 2 heteroatoms. The van der Waals surface area contributed by atoms with Gasteiger partial charge in [-0.2, -0.15) is 0 Å². The summed E-state index contributed by atoms with van der Waals surface area (Å²) in [5.74, 6) is 0.930. The molecule has 2 aromatic rings. The van der Waals surface area contributed by atoms with E-state index in [0.29, 0.717) is 0 Å². The first-order chi connectivity index (χ1) is 10.1. The van der Waals surface area contributed by atoms with Crippen LogP contribution in [-0.4, -0.2) is 12.6 Å². The Balaban J connectivity index is 2.31. The van der Waals surface area contributed by atoms with Gasteiger partial charge in [0.2, 0.25) is 0 Å². The fourth-order valence-electron chi connectivity index (χ4n) is 2.37. The largest absolute Gasteiger partial charge is 0.491 e. The lowest BCUT2D eigenvalue weighted by Crippen LogP contribution is -2.11. The Morgan fingerprint density at radius 1 is 1.10 bits per heavy atom. The van der Waals surface area contributed by atoms with Gasteiger partial charge in [0.15, 0.2) is 0 Å². The number of nitrogens with one attached hydrogen (secondary N) is 1. The van der Waals surface area contributed by atoms with E-state index in [1.807, 2.05) is 6.07 Å². The van der Waals surface area contributed by atoms with Crippen LogP contribution in [0.3, 0.4) is 0 Å². The SMILES string of the molecule is CCNCc1ccc(C)c(-c2cccc(OC(C)C)c2)c1. The summed E-state index contributed by atoms with van der Waals surface area (Å²) in [7, 11) is 0. The molecule has 0 aromatic heterocycles. The number of hydrogen-bond acceptors (Lipinski definition) is 2. The highest BCUT2D eigenvalue weighted by atomic mass is 16.5. The maximum Gasteiger partial charge on any atom is 0.120 e. The van der Waals surface area contributed by atoms with E-state index in [-0.39, 0.29) is 6.10 Å². The molecule has 2 nitrogen and oxygen atoms in total. The van der Waals surface area contributed by atoms with Crippen molar-refractivity contribution in [3.05, 3.63) is 53.6 Å². The van der Waals surface area contributed by atoms with E-state index in [9.17, 15) is 0 Å². The molecule has 0 unspecified atom stereocenters. The highest BCUT2D eigenvalue weighted by Gasteiger charge is 2.06. The maximum atomic E-state index is 5.80. The average molecular weight is 283 g/mol. The number of rotatable bonds is 6. The van der Waals surface area contributed by atoms with Crippen molar-refractivity contribution in [2.24, 2.45) is 0 Å². The third-order valence-corrected chi connectivity index (χ3v) is 3.40. The zero-order chi connectivity index (χ0) is 15.2. The first-order valence-electron chi connectivity index (χ1n) is 7.67. The van der Waals surface area contributed by atoms with Gasteiger partial charge in [-0.25, -0.2) is 0 Å². The minimum absolute atomic E-state index is 0.196. The maximum absolute atomic E-state index is 5.80. The van der Waals surface area contributed by atoms with Crippen molar-refractivity contribution in [1.82, 2.24) is 5.32 Å². The molecular formula is C19H25NO. The molecule has 1 N–H and O–H groups in total. The second-order valence-corrected chi connectivity index (χ2v) is 5.62. The molecular weight excluding hydrogens is 258 g/mol. The summed E-state index contributed by atoms with van der Waals surface area (Å²) in [6.07, 6.45) is 0.196. The quantitative estimate of drug-likeness (QED) is 0.839. The van der Waals surface area contributed by atoms with Crippen LogP contribution in [0.5, 0.6) is 5.75 Å². The molecule has 0 aliphatic carbocycles. The number of hydrogen-bond donors (Lipinski definition) is 1. The van der Waals surface area contributed by atoms with E-state index in [4.69, 9.17) is 4.74 Å². The molecule has 0 bridgehead atoms. The lowest BCUT2D eigenvalue weighted by Gasteiger charge is -2.13. The predicted octanol–water partition coefficient (Wildman–Crippen LogP) is 4.56. The molecule has 0 spiro atoms. The van der Waals surface area contributed by atoms with E-state index < -0.39 is 0 Å². The molecule has 2 aromatic carbocycles. The Morgan fingerprint density at radius 3 is 2.62 bits per heavy atom. The van der Waals surface area contributed by atoms with Gasteiger partial charge in [0, 0.05) is 6.54 Å². The van der Waals surface area contributed by atoms with Gasteiger partial charge in [-0.15, -0.1) is 0 Å². The van der Waals surface area contributed by atoms with Crippen molar-refractivity contribution in [3.63, 3.8) is 0 Å². The molecule has 0 atom stereocenters. The van der Waals surface area contributed by atoms with Gasteiger partial charge in [0.25, 0.3) is 0 Å². The van der Waals surface area contributed by atoms with Gasteiger partial charge in [0.1, 0.15) is 5.75 Å². The summed E-state index contributed by atoms with van der Waals surface area (Å²) < 4.78 is 5.80. The summed E-state index contributed by atoms with van der Waals surface area (Å²) in [6.45, 7) is 10.3. The van der Waals surface area contributed by atoms with Gasteiger partial charge in [-0.3, -0.25) is 0 Å². The predicted molar refractivity (Wildman–Crippen MR) is 89.8 cm³/mol. The van der Waals surface area contributed by atoms with Crippen LogP contribution in [0.2, 0.25) is 0 Å². The van der Waals surface area contributed by atoms with E-state index in [2.05, 4.69) is 69.4 Å². The van der Waals surface area contributed by atoms with E-state index >= 15 is 0 Å². The van der Waals surface area contributed by atoms with E-state index in [1.165, 1.54) is 22.3 Å². The van der Waals surface area contributed by atoms with Crippen LogP contribution in [0.15, 0.2) is 42.5 Å². The smallest absolute Gasteiger partial charge is 0.120 e. The number of aryl methyl sites for hydroxylation is 1. The van der Waals surface area contributed by atoms with Crippen LogP contribution < -0.4 is 10.1 Å². The minimum Gasteiger partial charge on any atom is -0.491 e. The first-order valence-corrected chi connectivity index (χ1v) is 7.67. The van der Waals surface area contributed by atoms with Crippen molar-refractivity contribution in [2.45, 2.75) is 40.3 Å². The Morgan fingerprint density at radius 2 is 1.90 bits per heavy atom. The third-order valence-electron chi connectivity index (χ3n) is 3.40. The highest BCUT2D eigenvalue weighted by Crippen LogP contribution is 2.28. The molecule has 21 heavy (non-hydrogen) atoms. The fourth-order valence-corrected chi connectivity index (χ4v) is 2.37. The third kappa shape index (κ3) is 4.33. The summed E-state index contributed by atoms with van der Waals surface area (Å²) in [6, 6.07) is 15.0. The molecule has 0 amide bonds. The van der Waals surface area contributed by atoms with E-state index in [0.717, 1.165) is 18.8 Å². The van der Waals surface area contributed by atoms with Crippen molar-refractivity contribution in [3.8, 4) is 16.9 Å². The van der Waals surface area contributed by atoms with Crippen molar-refractivity contribution in [1.29, 1.82) is 0 Å². The van der Waals surface area contributed by atoms with Crippen molar-refractivity contribution < 1.29 is 4.74 Å². The molecule has 0 aliphatic heterocycles. The highest BCUT2D eigenvalue weighted by molar-refractivity contribution is 5.69. The fraction of sp³-hybridized carbons (Fsp3) is 0.368. The van der Waals surface area contributed by atoms with Crippen LogP contribution in [0.4, 0.5) is 0 Å². The lowest BCUT2D eigenvalue weighted by molar-refractivity contribution is 0.242. The number of ether oxygens (including phenoxy) is 1.